The minimum atomic E-state index is 0.672. The van der Waals surface area contributed by atoms with Crippen LogP contribution in [0, 0.1) is 0 Å². The van der Waals surface area contributed by atoms with Crippen LogP contribution in [0.4, 0.5) is 0 Å². The molecule has 1 aliphatic heterocycles. The molecule has 5 nitrogen and oxygen atoms in total. The third-order valence-electron chi connectivity index (χ3n) is 6.22. The van der Waals surface area contributed by atoms with Gasteiger partial charge in [-0.05, 0) is 29.3 Å². The van der Waals surface area contributed by atoms with E-state index in [0.29, 0.717) is 5.82 Å². The fraction of sp³-hybridized carbons (Fsp3) is 0.185. The standard InChI is InChI=1S/C27H24N4O/c1-2-7-20(8-3-1)16-31-19-22(23-9-4-5-10-25(23)31)18-30-13-12-24-21(17-30)15-28-27(29-24)26-11-6-14-32-26/h1-11,14-15,19H,12-13,16-18H2. The van der Waals surface area contributed by atoms with Crippen LogP contribution in [-0.4, -0.2) is 26.0 Å². The smallest absolute Gasteiger partial charge is 0.195 e. The molecule has 5 heteroatoms. The molecule has 0 N–H and O–H groups in total. The highest BCUT2D eigenvalue weighted by Crippen LogP contribution is 2.27. The first-order valence-electron chi connectivity index (χ1n) is 11.1. The highest BCUT2D eigenvalue weighted by atomic mass is 16.3. The lowest BCUT2D eigenvalue weighted by Crippen LogP contribution is -2.30. The molecule has 0 fully saturated rings. The number of benzene rings is 2. The molecule has 3 aromatic heterocycles. The maximum Gasteiger partial charge on any atom is 0.195 e. The third kappa shape index (κ3) is 3.61. The molecular formula is C27H24N4O. The summed E-state index contributed by atoms with van der Waals surface area (Å²) in [4.78, 5) is 11.8. The topological polar surface area (TPSA) is 47.1 Å². The Morgan fingerprint density at radius 1 is 0.906 bits per heavy atom. The first-order valence-corrected chi connectivity index (χ1v) is 11.1. The lowest BCUT2D eigenvalue weighted by molar-refractivity contribution is 0.243. The van der Waals surface area contributed by atoms with Crippen LogP contribution in [-0.2, 0) is 26.1 Å². The van der Waals surface area contributed by atoms with Crippen LogP contribution in [0.25, 0.3) is 22.5 Å². The number of fused-ring (bicyclic) bond motifs is 2. The normalized spacial score (nSPS) is 14.0. The van der Waals surface area contributed by atoms with E-state index in [9.17, 15) is 0 Å². The molecule has 0 amide bonds. The minimum Gasteiger partial charge on any atom is -0.461 e. The van der Waals surface area contributed by atoms with Crippen molar-refractivity contribution in [3.63, 3.8) is 0 Å². The number of aromatic nitrogens is 3. The summed E-state index contributed by atoms with van der Waals surface area (Å²) in [5.74, 6) is 1.40. The van der Waals surface area contributed by atoms with Crippen molar-refractivity contribution < 1.29 is 4.42 Å². The molecule has 158 valence electrons. The van der Waals surface area contributed by atoms with Gasteiger partial charge < -0.3 is 8.98 Å². The van der Waals surface area contributed by atoms with Crippen molar-refractivity contribution in [2.75, 3.05) is 6.54 Å². The lowest BCUT2D eigenvalue weighted by atomic mass is 10.1. The zero-order chi connectivity index (χ0) is 21.3. The zero-order valence-electron chi connectivity index (χ0n) is 17.8. The molecule has 0 saturated carbocycles. The Labute approximate surface area is 187 Å². The minimum absolute atomic E-state index is 0.672. The van der Waals surface area contributed by atoms with Crippen LogP contribution in [0.15, 0.2) is 89.8 Å². The predicted molar refractivity (Wildman–Crippen MR) is 125 cm³/mol. The second kappa shape index (κ2) is 8.09. The van der Waals surface area contributed by atoms with Crippen LogP contribution < -0.4 is 0 Å². The van der Waals surface area contributed by atoms with Crippen LogP contribution in [0.2, 0.25) is 0 Å². The molecule has 6 rings (SSSR count). The molecule has 1 aliphatic rings. The Morgan fingerprint density at radius 3 is 2.66 bits per heavy atom. The molecule has 0 atom stereocenters. The van der Waals surface area contributed by atoms with Gasteiger partial charge in [-0.25, -0.2) is 9.97 Å². The summed E-state index contributed by atoms with van der Waals surface area (Å²) in [6.07, 6.45) is 6.87. The second-order valence-electron chi connectivity index (χ2n) is 8.39. The van der Waals surface area contributed by atoms with Gasteiger partial charge in [-0.15, -0.1) is 0 Å². The Kier molecular flexibility index (Phi) is 4.81. The first kappa shape index (κ1) is 19.0. The zero-order valence-corrected chi connectivity index (χ0v) is 17.8. The van der Waals surface area contributed by atoms with Gasteiger partial charge in [0.15, 0.2) is 11.6 Å². The summed E-state index contributed by atoms with van der Waals surface area (Å²) in [5, 5.41) is 1.33. The van der Waals surface area contributed by atoms with E-state index in [2.05, 4.69) is 75.2 Å². The van der Waals surface area contributed by atoms with E-state index in [4.69, 9.17) is 9.40 Å². The number of hydrogen-bond acceptors (Lipinski definition) is 4. The fourth-order valence-electron chi connectivity index (χ4n) is 4.63. The van der Waals surface area contributed by atoms with Crippen molar-refractivity contribution >= 4 is 10.9 Å². The highest BCUT2D eigenvalue weighted by molar-refractivity contribution is 5.84. The fourth-order valence-corrected chi connectivity index (χ4v) is 4.63. The van der Waals surface area contributed by atoms with Crippen LogP contribution in [0.5, 0.6) is 0 Å². The van der Waals surface area contributed by atoms with Crippen LogP contribution >= 0.6 is 0 Å². The number of furan rings is 1. The van der Waals surface area contributed by atoms with E-state index in [1.807, 2.05) is 18.3 Å². The average molecular weight is 421 g/mol. The monoisotopic (exact) mass is 420 g/mol. The summed E-state index contributed by atoms with van der Waals surface area (Å²) in [6, 6.07) is 23.1. The number of para-hydroxylation sites is 1. The van der Waals surface area contributed by atoms with E-state index in [1.54, 1.807) is 6.26 Å². The molecular weight excluding hydrogens is 396 g/mol. The van der Waals surface area contributed by atoms with E-state index < -0.39 is 0 Å². The SMILES string of the molecule is c1ccc(Cn2cc(CN3CCc4nc(-c5ccco5)ncc4C3)c3ccccc32)cc1. The molecule has 0 unspecified atom stereocenters. The molecule has 0 radical (unpaired) electrons. The molecule has 2 aromatic carbocycles. The largest absolute Gasteiger partial charge is 0.461 e. The van der Waals surface area contributed by atoms with Crippen LogP contribution in [0.1, 0.15) is 22.4 Å². The third-order valence-corrected chi connectivity index (χ3v) is 6.22. The van der Waals surface area contributed by atoms with Gasteiger partial charge in [0.2, 0.25) is 0 Å². The van der Waals surface area contributed by atoms with Crippen molar-refractivity contribution in [2.24, 2.45) is 0 Å². The maximum absolute atomic E-state index is 5.46. The highest BCUT2D eigenvalue weighted by Gasteiger charge is 2.21. The van der Waals surface area contributed by atoms with Gasteiger partial charge >= 0.3 is 0 Å². The molecule has 4 heterocycles. The average Bonchev–Trinajstić information content (AvgIpc) is 3.49. The van der Waals surface area contributed by atoms with Gasteiger partial charge in [-0.1, -0.05) is 48.5 Å². The van der Waals surface area contributed by atoms with Crippen molar-refractivity contribution in [1.82, 2.24) is 19.4 Å². The maximum atomic E-state index is 5.46. The van der Waals surface area contributed by atoms with Gasteiger partial charge in [0.1, 0.15) is 0 Å². The Balaban J connectivity index is 1.25. The van der Waals surface area contributed by atoms with E-state index >= 15 is 0 Å². The Morgan fingerprint density at radius 2 is 1.78 bits per heavy atom. The summed E-state index contributed by atoms with van der Waals surface area (Å²) in [6.45, 7) is 3.65. The molecule has 32 heavy (non-hydrogen) atoms. The van der Waals surface area contributed by atoms with Crippen molar-refractivity contribution in [2.45, 2.75) is 26.1 Å². The summed E-state index contributed by atoms with van der Waals surface area (Å²) in [5.41, 5.74) is 6.31. The number of hydrogen-bond donors (Lipinski definition) is 0. The van der Waals surface area contributed by atoms with Crippen molar-refractivity contribution in [3.05, 3.63) is 108 Å². The van der Waals surface area contributed by atoms with Gasteiger partial charge in [0.05, 0.1) is 12.0 Å². The lowest BCUT2D eigenvalue weighted by Gasteiger charge is -2.27. The van der Waals surface area contributed by atoms with E-state index in [-0.39, 0.29) is 0 Å². The quantitative estimate of drug-likeness (QED) is 0.387. The summed E-state index contributed by atoms with van der Waals surface area (Å²) >= 11 is 0. The van der Waals surface area contributed by atoms with Gasteiger partial charge in [-0.2, -0.15) is 0 Å². The predicted octanol–water partition coefficient (Wildman–Crippen LogP) is 5.30. The summed E-state index contributed by atoms with van der Waals surface area (Å²) < 4.78 is 7.83. The van der Waals surface area contributed by atoms with Crippen LogP contribution in [0.3, 0.4) is 0 Å². The molecule has 0 aliphatic carbocycles. The number of nitrogens with zero attached hydrogens (tertiary/aromatic N) is 4. The molecule has 5 aromatic rings. The number of rotatable bonds is 5. The first-order chi connectivity index (χ1) is 15.8. The van der Waals surface area contributed by atoms with Gasteiger partial charge in [-0.3, -0.25) is 4.90 Å². The second-order valence-corrected chi connectivity index (χ2v) is 8.39. The van der Waals surface area contributed by atoms with Crippen molar-refractivity contribution in [1.29, 1.82) is 0 Å². The molecule has 0 bridgehead atoms. The van der Waals surface area contributed by atoms with E-state index in [1.165, 1.54) is 27.6 Å². The summed E-state index contributed by atoms with van der Waals surface area (Å²) in [7, 11) is 0. The Hall–Kier alpha value is -3.70. The van der Waals surface area contributed by atoms with Crippen molar-refractivity contribution in [3.8, 4) is 11.6 Å². The molecule has 0 spiro atoms. The molecule has 0 saturated heterocycles. The van der Waals surface area contributed by atoms with Gasteiger partial charge in [0.25, 0.3) is 0 Å². The van der Waals surface area contributed by atoms with E-state index in [0.717, 1.165) is 44.1 Å². The Bertz CT molecular complexity index is 1360. The van der Waals surface area contributed by atoms with Gasteiger partial charge in [0, 0.05) is 61.5 Å².